The Bertz CT molecular complexity index is 733. The average Bonchev–Trinajstić information content (AvgIpc) is 2.83. The van der Waals surface area contributed by atoms with Crippen molar-refractivity contribution >= 4 is 22.2 Å². The molecule has 19 heavy (non-hydrogen) atoms. The first-order valence-electron chi connectivity index (χ1n) is 6.19. The summed E-state index contributed by atoms with van der Waals surface area (Å²) in [7, 11) is 0. The minimum atomic E-state index is -0.190. The fraction of sp³-hybridized carbons (Fsp3) is 0.200. The number of thiazole rings is 1. The van der Waals surface area contributed by atoms with E-state index in [1.165, 1.54) is 0 Å². The molecule has 0 amide bonds. The van der Waals surface area contributed by atoms with E-state index < -0.39 is 0 Å². The standard InChI is InChI=1S/C15H15N3S/c1-9-7-12(11-5-3-4-6-13(11)17-9)14(16)15-18-10(2)8-19-15/h3-8,14H,16H2,1-2H3. The maximum Gasteiger partial charge on any atom is 0.114 e. The summed E-state index contributed by atoms with van der Waals surface area (Å²) in [6, 6.07) is 9.97. The molecule has 3 aromatic rings. The molecule has 0 aliphatic rings. The SMILES string of the molecule is Cc1csc(C(N)c2cc(C)nc3ccccc23)n1. The third-order valence-corrected chi connectivity index (χ3v) is 4.16. The van der Waals surface area contributed by atoms with Crippen molar-refractivity contribution in [3.05, 3.63) is 57.7 Å². The van der Waals surface area contributed by atoms with E-state index in [9.17, 15) is 0 Å². The normalized spacial score (nSPS) is 12.8. The van der Waals surface area contributed by atoms with E-state index in [-0.39, 0.29) is 6.04 Å². The van der Waals surface area contributed by atoms with Gasteiger partial charge < -0.3 is 5.73 Å². The van der Waals surface area contributed by atoms with E-state index in [1.807, 2.05) is 37.4 Å². The molecule has 0 radical (unpaired) electrons. The molecule has 1 atom stereocenters. The minimum Gasteiger partial charge on any atom is -0.318 e. The summed E-state index contributed by atoms with van der Waals surface area (Å²) in [5, 5.41) is 4.09. The molecule has 0 saturated carbocycles. The number of rotatable bonds is 2. The first kappa shape index (κ1) is 12.3. The van der Waals surface area contributed by atoms with E-state index in [0.29, 0.717) is 0 Å². The minimum absolute atomic E-state index is 0.190. The maximum absolute atomic E-state index is 6.38. The fourth-order valence-electron chi connectivity index (χ4n) is 2.25. The molecule has 0 bridgehead atoms. The molecule has 1 aromatic carbocycles. The van der Waals surface area contributed by atoms with E-state index in [0.717, 1.165) is 32.9 Å². The molecule has 1 unspecified atom stereocenters. The molecule has 0 fully saturated rings. The fourth-order valence-corrected chi connectivity index (χ4v) is 3.06. The zero-order valence-electron chi connectivity index (χ0n) is 10.9. The summed E-state index contributed by atoms with van der Waals surface area (Å²) in [6.07, 6.45) is 0. The van der Waals surface area contributed by atoms with Gasteiger partial charge in [-0.2, -0.15) is 0 Å². The molecule has 0 aliphatic carbocycles. The van der Waals surface area contributed by atoms with Gasteiger partial charge in [0.15, 0.2) is 0 Å². The van der Waals surface area contributed by atoms with Gasteiger partial charge in [-0.15, -0.1) is 11.3 Å². The number of aryl methyl sites for hydroxylation is 2. The lowest BCUT2D eigenvalue weighted by Gasteiger charge is -2.13. The summed E-state index contributed by atoms with van der Waals surface area (Å²) in [5.41, 5.74) is 10.5. The van der Waals surface area contributed by atoms with Gasteiger partial charge in [-0.05, 0) is 31.5 Å². The Balaban J connectivity index is 2.19. The molecule has 96 valence electrons. The molecule has 3 nitrogen and oxygen atoms in total. The van der Waals surface area contributed by atoms with Crippen molar-refractivity contribution in [2.75, 3.05) is 0 Å². The Morgan fingerprint density at radius 3 is 2.63 bits per heavy atom. The van der Waals surface area contributed by atoms with E-state index in [1.54, 1.807) is 11.3 Å². The van der Waals surface area contributed by atoms with Gasteiger partial charge in [-0.1, -0.05) is 18.2 Å². The van der Waals surface area contributed by atoms with Gasteiger partial charge in [-0.3, -0.25) is 4.98 Å². The second-order valence-electron chi connectivity index (χ2n) is 4.67. The summed E-state index contributed by atoms with van der Waals surface area (Å²) in [4.78, 5) is 9.04. The molecular weight excluding hydrogens is 254 g/mol. The van der Waals surface area contributed by atoms with E-state index in [2.05, 4.69) is 22.1 Å². The van der Waals surface area contributed by atoms with Crippen molar-refractivity contribution in [3.63, 3.8) is 0 Å². The topological polar surface area (TPSA) is 51.8 Å². The highest BCUT2D eigenvalue weighted by Gasteiger charge is 2.16. The van der Waals surface area contributed by atoms with Crippen LogP contribution in [0.3, 0.4) is 0 Å². The van der Waals surface area contributed by atoms with Crippen LogP contribution in [0.25, 0.3) is 10.9 Å². The van der Waals surface area contributed by atoms with Crippen molar-refractivity contribution in [1.29, 1.82) is 0 Å². The maximum atomic E-state index is 6.38. The Morgan fingerprint density at radius 2 is 1.89 bits per heavy atom. The number of aromatic nitrogens is 2. The van der Waals surface area contributed by atoms with Crippen LogP contribution in [0.1, 0.15) is 28.0 Å². The van der Waals surface area contributed by atoms with Gasteiger partial charge in [0, 0.05) is 22.2 Å². The molecule has 2 N–H and O–H groups in total. The third kappa shape index (κ3) is 2.25. The molecule has 0 saturated heterocycles. The van der Waals surface area contributed by atoms with Crippen LogP contribution in [-0.4, -0.2) is 9.97 Å². The lowest BCUT2D eigenvalue weighted by atomic mass is 10.0. The van der Waals surface area contributed by atoms with Gasteiger partial charge in [-0.25, -0.2) is 4.98 Å². The lowest BCUT2D eigenvalue weighted by Crippen LogP contribution is -2.12. The smallest absolute Gasteiger partial charge is 0.114 e. The monoisotopic (exact) mass is 269 g/mol. The van der Waals surface area contributed by atoms with Crippen molar-refractivity contribution in [1.82, 2.24) is 9.97 Å². The number of pyridine rings is 1. The number of nitrogens with two attached hydrogens (primary N) is 1. The summed E-state index contributed by atoms with van der Waals surface area (Å²) >= 11 is 1.61. The van der Waals surface area contributed by atoms with Crippen LogP contribution in [0.15, 0.2) is 35.7 Å². The number of hydrogen-bond donors (Lipinski definition) is 1. The molecule has 0 aliphatic heterocycles. The second-order valence-corrected chi connectivity index (χ2v) is 5.56. The number of benzene rings is 1. The van der Waals surface area contributed by atoms with Gasteiger partial charge in [0.2, 0.25) is 0 Å². The van der Waals surface area contributed by atoms with Crippen molar-refractivity contribution in [2.45, 2.75) is 19.9 Å². The highest BCUT2D eigenvalue weighted by Crippen LogP contribution is 2.28. The molecule has 3 rings (SSSR count). The first-order chi connectivity index (χ1) is 9.15. The number of hydrogen-bond acceptors (Lipinski definition) is 4. The predicted octanol–water partition coefficient (Wildman–Crippen LogP) is 3.36. The summed E-state index contributed by atoms with van der Waals surface area (Å²) in [6.45, 7) is 3.98. The Kier molecular flexibility index (Phi) is 3.05. The average molecular weight is 269 g/mol. The van der Waals surface area contributed by atoms with Gasteiger partial charge in [0.05, 0.1) is 11.6 Å². The van der Waals surface area contributed by atoms with Crippen LogP contribution < -0.4 is 5.73 Å². The van der Waals surface area contributed by atoms with Crippen molar-refractivity contribution < 1.29 is 0 Å². The number of para-hydroxylation sites is 1. The highest BCUT2D eigenvalue weighted by molar-refractivity contribution is 7.09. The van der Waals surface area contributed by atoms with Crippen molar-refractivity contribution in [3.8, 4) is 0 Å². The predicted molar refractivity (Wildman–Crippen MR) is 79.4 cm³/mol. The molecule has 2 aromatic heterocycles. The van der Waals surface area contributed by atoms with E-state index >= 15 is 0 Å². The first-order valence-corrected chi connectivity index (χ1v) is 7.07. The van der Waals surface area contributed by atoms with Crippen LogP contribution >= 0.6 is 11.3 Å². The molecule has 2 heterocycles. The van der Waals surface area contributed by atoms with Gasteiger partial charge in [0.1, 0.15) is 5.01 Å². The summed E-state index contributed by atoms with van der Waals surface area (Å²) in [5.74, 6) is 0. The largest absolute Gasteiger partial charge is 0.318 e. The number of fused-ring (bicyclic) bond motifs is 1. The quantitative estimate of drug-likeness (QED) is 0.776. The summed E-state index contributed by atoms with van der Waals surface area (Å²) < 4.78 is 0. The zero-order valence-corrected chi connectivity index (χ0v) is 11.7. The van der Waals surface area contributed by atoms with Crippen LogP contribution in [0.4, 0.5) is 0 Å². The van der Waals surface area contributed by atoms with Gasteiger partial charge >= 0.3 is 0 Å². The van der Waals surface area contributed by atoms with E-state index in [4.69, 9.17) is 5.73 Å². The lowest BCUT2D eigenvalue weighted by molar-refractivity contribution is 0.857. The van der Waals surface area contributed by atoms with Gasteiger partial charge in [0.25, 0.3) is 0 Å². The van der Waals surface area contributed by atoms with Crippen molar-refractivity contribution in [2.24, 2.45) is 5.73 Å². The van der Waals surface area contributed by atoms with Crippen LogP contribution in [0.2, 0.25) is 0 Å². The van der Waals surface area contributed by atoms with Crippen LogP contribution in [-0.2, 0) is 0 Å². The molecule has 4 heteroatoms. The Morgan fingerprint density at radius 1 is 1.11 bits per heavy atom. The molecule has 0 spiro atoms. The Labute approximate surface area is 116 Å². The number of nitrogens with zero attached hydrogens (tertiary/aromatic N) is 2. The van der Waals surface area contributed by atoms with Crippen LogP contribution in [0, 0.1) is 13.8 Å². The second kappa shape index (κ2) is 4.72. The third-order valence-electron chi connectivity index (χ3n) is 3.11. The Hall–Kier alpha value is -1.78. The zero-order chi connectivity index (χ0) is 13.4. The highest BCUT2D eigenvalue weighted by atomic mass is 32.1. The molecular formula is C15H15N3S. The van der Waals surface area contributed by atoms with Crippen LogP contribution in [0.5, 0.6) is 0 Å².